The van der Waals surface area contributed by atoms with Gasteiger partial charge in [-0.25, -0.2) is 0 Å². The number of aromatic nitrogens is 1. The molecule has 0 aliphatic heterocycles. The lowest BCUT2D eigenvalue weighted by molar-refractivity contribution is 0.415. The second kappa shape index (κ2) is 6.16. The van der Waals surface area contributed by atoms with Crippen molar-refractivity contribution in [1.82, 2.24) is 4.57 Å². The van der Waals surface area contributed by atoms with Crippen LogP contribution < -0.4 is 15.6 Å². The minimum Gasteiger partial charge on any atom is -0.497 e. The molecule has 0 amide bonds. The molecule has 0 radical (unpaired) electrons. The van der Waals surface area contributed by atoms with Gasteiger partial charge in [0.25, 0.3) is 5.56 Å². The minimum absolute atomic E-state index is 0.0300. The SMILES string of the molecule is COc1ccc(NCc2cc3cc(C)ccc3n(C)c2=O)cc1. The fourth-order valence-electron chi connectivity index (χ4n) is 2.70. The summed E-state index contributed by atoms with van der Waals surface area (Å²) in [5.41, 5.74) is 3.87. The van der Waals surface area contributed by atoms with Gasteiger partial charge < -0.3 is 14.6 Å². The maximum atomic E-state index is 12.5. The first kappa shape index (κ1) is 15.2. The van der Waals surface area contributed by atoms with Crippen molar-refractivity contribution in [2.45, 2.75) is 13.5 Å². The normalized spacial score (nSPS) is 10.7. The predicted molar refractivity (Wildman–Crippen MR) is 94.2 cm³/mol. The van der Waals surface area contributed by atoms with Crippen LogP contribution in [0, 0.1) is 6.92 Å². The summed E-state index contributed by atoms with van der Waals surface area (Å²) in [6, 6.07) is 15.8. The van der Waals surface area contributed by atoms with E-state index in [2.05, 4.69) is 18.3 Å². The van der Waals surface area contributed by atoms with Crippen LogP contribution in [0.5, 0.6) is 5.75 Å². The molecular formula is C19H20N2O2. The average Bonchev–Trinajstić information content (AvgIpc) is 2.57. The van der Waals surface area contributed by atoms with Crippen molar-refractivity contribution in [1.29, 1.82) is 0 Å². The third-order valence-electron chi connectivity index (χ3n) is 4.03. The molecule has 3 rings (SSSR count). The summed E-state index contributed by atoms with van der Waals surface area (Å²) in [5, 5.41) is 4.37. The second-order valence-corrected chi connectivity index (χ2v) is 5.68. The van der Waals surface area contributed by atoms with E-state index in [-0.39, 0.29) is 5.56 Å². The van der Waals surface area contributed by atoms with Gasteiger partial charge in [0, 0.05) is 24.8 Å². The minimum atomic E-state index is 0.0300. The molecule has 0 saturated heterocycles. The van der Waals surface area contributed by atoms with Crippen LogP contribution in [0.15, 0.2) is 53.3 Å². The lowest BCUT2D eigenvalue weighted by Crippen LogP contribution is -2.23. The molecule has 0 unspecified atom stereocenters. The zero-order valence-electron chi connectivity index (χ0n) is 13.6. The van der Waals surface area contributed by atoms with Gasteiger partial charge in [-0.05, 0) is 54.8 Å². The van der Waals surface area contributed by atoms with Crippen molar-refractivity contribution < 1.29 is 4.74 Å². The molecule has 23 heavy (non-hydrogen) atoms. The second-order valence-electron chi connectivity index (χ2n) is 5.68. The zero-order valence-corrected chi connectivity index (χ0v) is 13.6. The van der Waals surface area contributed by atoms with Crippen molar-refractivity contribution in [3.05, 3.63) is 70.0 Å². The molecule has 4 nitrogen and oxygen atoms in total. The van der Waals surface area contributed by atoms with Gasteiger partial charge in [-0.2, -0.15) is 0 Å². The van der Waals surface area contributed by atoms with Gasteiger partial charge in [-0.15, -0.1) is 0 Å². The Morgan fingerprint density at radius 2 is 1.83 bits per heavy atom. The molecule has 0 bridgehead atoms. The Morgan fingerprint density at radius 3 is 2.52 bits per heavy atom. The smallest absolute Gasteiger partial charge is 0.255 e. The van der Waals surface area contributed by atoms with Crippen LogP contribution in [0.25, 0.3) is 10.9 Å². The van der Waals surface area contributed by atoms with Gasteiger partial charge in [0.15, 0.2) is 0 Å². The maximum Gasteiger partial charge on any atom is 0.255 e. The molecule has 0 aliphatic carbocycles. The number of benzene rings is 2. The predicted octanol–water partition coefficient (Wildman–Crippen LogP) is 3.47. The molecule has 0 aliphatic rings. The van der Waals surface area contributed by atoms with Crippen LogP contribution in [0.3, 0.4) is 0 Å². The van der Waals surface area contributed by atoms with E-state index >= 15 is 0 Å². The highest BCUT2D eigenvalue weighted by Gasteiger charge is 2.07. The Morgan fingerprint density at radius 1 is 1.09 bits per heavy atom. The van der Waals surface area contributed by atoms with E-state index < -0.39 is 0 Å². The van der Waals surface area contributed by atoms with Crippen molar-refractivity contribution in [3.63, 3.8) is 0 Å². The van der Waals surface area contributed by atoms with Gasteiger partial charge >= 0.3 is 0 Å². The first-order valence-electron chi connectivity index (χ1n) is 7.55. The summed E-state index contributed by atoms with van der Waals surface area (Å²) in [4.78, 5) is 12.5. The Kier molecular flexibility index (Phi) is 4.06. The summed E-state index contributed by atoms with van der Waals surface area (Å²) in [7, 11) is 3.46. The molecule has 0 saturated carbocycles. The molecular weight excluding hydrogens is 288 g/mol. The number of hydrogen-bond acceptors (Lipinski definition) is 3. The van der Waals surface area contributed by atoms with Gasteiger partial charge in [0.05, 0.1) is 12.6 Å². The number of rotatable bonds is 4. The summed E-state index contributed by atoms with van der Waals surface area (Å²) < 4.78 is 6.85. The first-order valence-corrected chi connectivity index (χ1v) is 7.55. The Bertz CT molecular complexity index is 896. The molecule has 2 aromatic carbocycles. The molecule has 4 heteroatoms. The lowest BCUT2D eigenvalue weighted by atomic mass is 10.1. The first-order chi connectivity index (χ1) is 11.1. The lowest BCUT2D eigenvalue weighted by Gasteiger charge is -2.11. The molecule has 0 spiro atoms. The summed E-state index contributed by atoms with van der Waals surface area (Å²) in [5.74, 6) is 0.813. The van der Waals surface area contributed by atoms with E-state index in [1.54, 1.807) is 11.7 Å². The van der Waals surface area contributed by atoms with E-state index in [0.717, 1.165) is 27.9 Å². The van der Waals surface area contributed by atoms with Gasteiger partial charge in [0.2, 0.25) is 0 Å². The van der Waals surface area contributed by atoms with Gasteiger partial charge in [-0.1, -0.05) is 11.6 Å². The fourth-order valence-corrected chi connectivity index (χ4v) is 2.70. The highest BCUT2D eigenvalue weighted by atomic mass is 16.5. The number of aryl methyl sites for hydroxylation is 2. The number of ether oxygens (including phenoxy) is 1. The highest BCUT2D eigenvalue weighted by Crippen LogP contribution is 2.17. The largest absolute Gasteiger partial charge is 0.497 e. The molecule has 1 aromatic heterocycles. The molecule has 3 aromatic rings. The van der Waals surface area contributed by atoms with E-state index in [1.165, 1.54) is 5.56 Å². The Balaban J connectivity index is 1.90. The van der Waals surface area contributed by atoms with Crippen molar-refractivity contribution in [2.24, 2.45) is 7.05 Å². The quantitative estimate of drug-likeness (QED) is 0.802. The number of nitrogens with zero attached hydrogens (tertiary/aromatic N) is 1. The van der Waals surface area contributed by atoms with Crippen molar-refractivity contribution >= 4 is 16.6 Å². The van der Waals surface area contributed by atoms with Crippen LogP contribution in [-0.4, -0.2) is 11.7 Å². The van der Waals surface area contributed by atoms with Gasteiger partial charge in [0.1, 0.15) is 5.75 Å². The number of methoxy groups -OCH3 is 1. The van der Waals surface area contributed by atoms with Crippen molar-refractivity contribution in [3.8, 4) is 5.75 Å². The molecule has 1 N–H and O–H groups in total. The van der Waals surface area contributed by atoms with E-state index in [4.69, 9.17) is 4.74 Å². The number of fused-ring (bicyclic) bond motifs is 1. The number of hydrogen-bond donors (Lipinski definition) is 1. The van der Waals surface area contributed by atoms with Crippen LogP contribution in [0.2, 0.25) is 0 Å². The number of nitrogens with one attached hydrogen (secondary N) is 1. The molecule has 0 atom stereocenters. The number of anilines is 1. The van der Waals surface area contributed by atoms with E-state index in [0.29, 0.717) is 6.54 Å². The number of pyridine rings is 1. The molecule has 118 valence electrons. The standard InChI is InChI=1S/C19H20N2O2/c1-13-4-9-18-14(10-13)11-15(19(22)21(18)2)12-20-16-5-7-17(23-3)8-6-16/h4-11,20H,12H2,1-3H3. The zero-order chi connectivity index (χ0) is 16.4. The van der Waals surface area contributed by atoms with Crippen LogP contribution in [0.4, 0.5) is 5.69 Å². The van der Waals surface area contributed by atoms with E-state index in [1.807, 2.05) is 49.5 Å². The highest BCUT2D eigenvalue weighted by molar-refractivity contribution is 5.80. The third kappa shape index (κ3) is 3.06. The van der Waals surface area contributed by atoms with Gasteiger partial charge in [-0.3, -0.25) is 4.79 Å². The fraction of sp³-hybridized carbons (Fsp3) is 0.211. The van der Waals surface area contributed by atoms with Crippen LogP contribution >= 0.6 is 0 Å². The summed E-state index contributed by atoms with van der Waals surface area (Å²) >= 11 is 0. The maximum absolute atomic E-state index is 12.5. The molecule has 0 fully saturated rings. The Hall–Kier alpha value is -2.75. The topological polar surface area (TPSA) is 43.3 Å². The molecule has 1 heterocycles. The van der Waals surface area contributed by atoms with E-state index in [9.17, 15) is 4.79 Å². The van der Waals surface area contributed by atoms with Crippen LogP contribution in [0.1, 0.15) is 11.1 Å². The summed E-state index contributed by atoms with van der Waals surface area (Å²) in [6.45, 7) is 2.54. The third-order valence-corrected chi connectivity index (χ3v) is 4.03. The summed E-state index contributed by atoms with van der Waals surface area (Å²) in [6.07, 6.45) is 0. The van der Waals surface area contributed by atoms with Crippen molar-refractivity contribution in [2.75, 3.05) is 12.4 Å². The average molecular weight is 308 g/mol. The van der Waals surface area contributed by atoms with Crippen LogP contribution in [-0.2, 0) is 13.6 Å². The Labute approximate surface area is 135 Å². The monoisotopic (exact) mass is 308 g/mol.